The number of rotatable bonds is 0. The molecule has 53 valence electrons. The third kappa shape index (κ3) is 97.4. The molecule has 0 unspecified atom stereocenters. The maximum atomic E-state index is 8.89. The Morgan fingerprint density at radius 2 is 0.778 bits per heavy atom. The van der Waals surface area contributed by atoms with Gasteiger partial charge in [-0.1, -0.05) is 0 Å². The fraction of sp³-hybridized carbons (Fsp3) is 0. The van der Waals surface area contributed by atoms with Gasteiger partial charge in [0.1, 0.15) is 0 Å². The van der Waals surface area contributed by atoms with E-state index in [1.54, 1.807) is 0 Å². The van der Waals surface area contributed by atoms with Gasteiger partial charge in [-0.25, -0.2) is 12.3 Å². The summed E-state index contributed by atoms with van der Waals surface area (Å²) < 4.78 is 35.6. The van der Waals surface area contributed by atoms with Crippen molar-refractivity contribution >= 4 is 113 Å². The zero-order valence-corrected chi connectivity index (χ0v) is 14.9. The van der Waals surface area contributed by atoms with Crippen LogP contribution in [0.1, 0.15) is 0 Å². The van der Waals surface area contributed by atoms with Crippen molar-refractivity contribution in [3.63, 3.8) is 0 Å². The van der Waals surface area contributed by atoms with Crippen molar-refractivity contribution in [1.82, 2.24) is 0 Å². The van der Waals surface area contributed by atoms with Crippen LogP contribution in [0.3, 0.4) is 0 Å². The monoisotopic (exact) mass is 473 g/mol. The van der Waals surface area contributed by atoms with Crippen LogP contribution in [-0.4, -0.2) is 58.2 Å². The van der Waals surface area contributed by atoms with Gasteiger partial charge in [-0.05, 0) is 0 Å². The van der Waals surface area contributed by atoms with Crippen molar-refractivity contribution < 1.29 is 12.3 Å². The van der Waals surface area contributed by atoms with Gasteiger partial charge in [0.15, 0.2) is 0 Å². The van der Waals surface area contributed by atoms with Crippen LogP contribution in [0.2, 0.25) is 0 Å². The van der Waals surface area contributed by atoms with E-state index in [9.17, 15) is 0 Å². The quantitative estimate of drug-likeness (QED) is 0.506. The molecule has 9 heavy (non-hydrogen) atoms. The van der Waals surface area contributed by atoms with Gasteiger partial charge >= 0.3 is 37.3 Å². The molecule has 9 heteroatoms. The minimum absolute atomic E-state index is 0. The average molecular weight is 474 g/mol. The fourth-order valence-electron chi connectivity index (χ4n) is 0. The second-order valence-electron chi connectivity index (χ2n) is 0.359. The molecule has 0 aliphatic rings. The van der Waals surface area contributed by atoms with Crippen molar-refractivity contribution in [3.05, 3.63) is 0 Å². The Morgan fingerprint density at radius 3 is 0.778 bits per heavy atom. The smallest absolute Gasteiger partial charge is 0.217 e. The van der Waals surface area contributed by atoms with Crippen LogP contribution in [-0.2, 0) is 12.3 Å². The van der Waals surface area contributed by atoms with Crippen molar-refractivity contribution in [1.29, 1.82) is 0 Å². The molecule has 4 nitrogen and oxygen atoms in total. The molecule has 0 N–H and O–H groups in total. The van der Waals surface area contributed by atoms with Crippen molar-refractivity contribution in [2.75, 3.05) is 0 Å². The van der Waals surface area contributed by atoms with Gasteiger partial charge in [0.2, 0.25) is 0 Å². The number of hydrogen-bond donors (Lipinski definition) is 0. The first-order chi connectivity index (χ1) is 3.46. The summed E-state index contributed by atoms with van der Waals surface area (Å²) >= 11 is -6.58. The second kappa shape index (κ2) is 13.6. The predicted molar refractivity (Wildman–Crippen MR) is 48.2 cm³/mol. The average Bonchev–Trinajstić information content (AvgIpc) is 1.25. The third-order valence-corrected chi connectivity index (χ3v) is 0. The first kappa shape index (κ1) is 18.0. The van der Waals surface area contributed by atoms with Gasteiger partial charge in [0, 0.05) is 76.0 Å². The first-order valence-electron chi connectivity index (χ1n) is 0.903. The summed E-state index contributed by atoms with van der Waals surface area (Å²) in [6.45, 7) is 0. The van der Waals surface area contributed by atoms with E-state index in [1.165, 1.54) is 0 Å². The maximum absolute atomic E-state index is 8.89. The molecule has 0 aliphatic carbocycles. The Kier molecular flexibility index (Phi) is 27.2. The molecular formula is Cl2I2O4Rb. The summed E-state index contributed by atoms with van der Waals surface area (Å²) in [7, 11) is 8.64. The summed E-state index contributed by atoms with van der Waals surface area (Å²) in [6, 6.07) is 0. The van der Waals surface area contributed by atoms with Crippen LogP contribution in [0.5, 0.6) is 0 Å². The van der Waals surface area contributed by atoms with Gasteiger partial charge in [-0.15, -0.1) is 0 Å². The topological polar surface area (TPSA) is 68.3 Å². The van der Waals surface area contributed by atoms with E-state index >= 15 is 0 Å². The first-order valence-corrected chi connectivity index (χ1v) is 9.89. The van der Waals surface area contributed by atoms with Crippen LogP contribution in [0, 0.1) is 0 Å². The van der Waals surface area contributed by atoms with Crippen molar-refractivity contribution in [2.45, 2.75) is 0 Å². The molecule has 0 rings (SSSR count). The SMILES string of the molecule is O=I(=O)Cl.O=I(=O)Cl.[Rb]. The summed E-state index contributed by atoms with van der Waals surface area (Å²) in [6.07, 6.45) is 0. The van der Waals surface area contributed by atoms with Gasteiger partial charge in [0.05, 0.1) is 0 Å². The Morgan fingerprint density at radius 1 is 0.778 bits per heavy atom. The van der Waals surface area contributed by atoms with Gasteiger partial charge in [-0.2, -0.15) is 0 Å². The van der Waals surface area contributed by atoms with E-state index in [1.807, 2.05) is 0 Å². The largest absolute Gasteiger partial charge is 0.409 e. The summed E-state index contributed by atoms with van der Waals surface area (Å²) in [5.74, 6) is 0. The Bertz CT molecular complexity index is 133. The Balaban J connectivity index is -0.0000000720. The molecule has 0 bridgehead atoms. The fourth-order valence-corrected chi connectivity index (χ4v) is 0. The van der Waals surface area contributed by atoms with Crippen LogP contribution in [0.4, 0.5) is 0 Å². The van der Waals surface area contributed by atoms with Crippen LogP contribution >= 0.6 is 55.1 Å². The third-order valence-electron chi connectivity index (χ3n) is 0. The molecule has 0 heterocycles. The zero-order valence-electron chi connectivity index (χ0n) is 4.14. The molecule has 1 radical (unpaired) electrons. The molecule has 0 aromatic heterocycles. The molecule has 0 amide bonds. The van der Waals surface area contributed by atoms with Crippen LogP contribution in [0.15, 0.2) is 0 Å². The number of hydrogen-bond acceptors (Lipinski definition) is 4. The van der Waals surface area contributed by atoms with Gasteiger partial charge in [0.25, 0.3) is 0 Å². The molecule has 0 saturated carbocycles. The Hall–Kier alpha value is 3.05. The summed E-state index contributed by atoms with van der Waals surface area (Å²) in [5, 5.41) is 0. The standard InChI is InChI=1S/2ClIO2.Rb/c2*1-2(3)4;. The summed E-state index contributed by atoms with van der Waals surface area (Å²) in [4.78, 5) is 0. The minimum Gasteiger partial charge on any atom is -0.217 e. The minimum atomic E-state index is -3.29. The molecule has 0 aromatic rings. The maximum Gasteiger partial charge on any atom is 0.409 e. The molecule has 0 saturated heterocycles. The van der Waals surface area contributed by atoms with Crippen LogP contribution < -0.4 is 0 Å². The molecule has 0 spiro atoms. The molecule has 0 atom stereocenters. The van der Waals surface area contributed by atoms with E-state index in [0.29, 0.717) is 0 Å². The van der Waals surface area contributed by atoms with Crippen LogP contribution in [0.25, 0.3) is 0 Å². The van der Waals surface area contributed by atoms with E-state index in [2.05, 4.69) is 17.8 Å². The van der Waals surface area contributed by atoms with Gasteiger partial charge in [-0.3, -0.25) is 0 Å². The predicted octanol–water partition coefficient (Wildman–Crippen LogP) is 2.29. The molecular weight excluding hydrogens is 474 g/mol. The second-order valence-corrected chi connectivity index (χ2v) is 5.54. The molecule has 0 fully saturated rings. The number of halogens is 4. The van der Waals surface area contributed by atoms with Crippen molar-refractivity contribution in [3.8, 4) is 0 Å². The molecule has 0 aliphatic heterocycles. The van der Waals surface area contributed by atoms with Crippen molar-refractivity contribution in [2.24, 2.45) is 0 Å². The van der Waals surface area contributed by atoms with E-state index < -0.39 is 37.3 Å². The zero-order chi connectivity index (χ0) is 7.15. The summed E-state index contributed by atoms with van der Waals surface area (Å²) in [5.41, 5.74) is 0. The molecule has 0 aromatic carbocycles. The Labute approximate surface area is 122 Å². The van der Waals surface area contributed by atoms with E-state index in [4.69, 9.17) is 12.3 Å². The van der Waals surface area contributed by atoms with E-state index in [-0.39, 0.29) is 58.2 Å². The van der Waals surface area contributed by atoms with Gasteiger partial charge < -0.3 is 0 Å². The normalized spacial score (nSPS) is 7.56. The van der Waals surface area contributed by atoms with E-state index in [0.717, 1.165) is 0 Å².